The fourth-order valence-electron chi connectivity index (χ4n) is 2.68. The molecular weight excluding hydrogens is 310 g/mol. The Morgan fingerprint density at radius 2 is 2.04 bits per heavy atom. The Hall–Kier alpha value is -2.83. The third kappa shape index (κ3) is 4.34. The van der Waals surface area contributed by atoms with Gasteiger partial charge in [0.15, 0.2) is 0 Å². The van der Waals surface area contributed by atoms with Crippen LogP contribution in [0, 0.1) is 0 Å². The van der Waals surface area contributed by atoms with Crippen LogP contribution in [0.25, 0.3) is 0 Å². The summed E-state index contributed by atoms with van der Waals surface area (Å²) in [4.78, 5) is 37.2. The van der Waals surface area contributed by atoms with Gasteiger partial charge < -0.3 is 10.0 Å². The van der Waals surface area contributed by atoms with Gasteiger partial charge in [0.05, 0.1) is 13.0 Å². The zero-order chi connectivity index (χ0) is 17.5. The number of urea groups is 1. The van der Waals surface area contributed by atoms with E-state index in [9.17, 15) is 19.5 Å². The summed E-state index contributed by atoms with van der Waals surface area (Å²) in [6, 6.07) is 7.78. The molecule has 3 amide bonds. The van der Waals surface area contributed by atoms with Crippen LogP contribution >= 0.6 is 0 Å². The maximum atomic E-state index is 12.6. The Balaban J connectivity index is 2.02. The first-order chi connectivity index (χ1) is 11.5. The minimum Gasteiger partial charge on any atom is -0.480 e. The predicted octanol–water partition coefficient (Wildman–Crippen LogP) is 1.42. The number of carbonyl (C=O) groups is 3. The molecule has 1 saturated heterocycles. The van der Waals surface area contributed by atoms with Crippen LogP contribution in [0.2, 0.25) is 0 Å². The van der Waals surface area contributed by atoms with Crippen molar-refractivity contribution in [1.29, 1.82) is 0 Å². The molecule has 0 spiro atoms. The maximum Gasteiger partial charge on any atom is 0.339 e. The summed E-state index contributed by atoms with van der Waals surface area (Å²) in [5.41, 5.74) is 3.37. The maximum absolute atomic E-state index is 12.6. The van der Waals surface area contributed by atoms with Gasteiger partial charge in [-0.1, -0.05) is 36.4 Å². The van der Waals surface area contributed by atoms with Gasteiger partial charge in [0.1, 0.15) is 6.04 Å². The minimum absolute atomic E-state index is 0.0994. The van der Waals surface area contributed by atoms with Crippen LogP contribution in [0.1, 0.15) is 18.4 Å². The number of nitrogens with one attached hydrogen (secondary N) is 1. The second-order valence-electron chi connectivity index (χ2n) is 5.57. The average Bonchev–Trinajstić information content (AvgIpc) is 3.04. The first-order valence-corrected chi connectivity index (χ1v) is 7.78. The van der Waals surface area contributed by atoms with Crippen LogP contribution in [0.15, 0.2) is 43.0 Å². The summed E-state index contributed by atoms with van der Waals surface area (Å²) in [6.45, 7) is 4.03. The van der Waals surface area contributed by atoms with Crippen molar-refractivity contribution in [2.75, 3.05) is 13.1 Å². The largest absolute Gasteiger partial charge is 0.480 e. The molecule has 1 atom stereocenters. The van der Waals surface area contributed by atoms with E-state index in [0.29, 0.717) is 19.4 Å². The molecular formula is C17H21N3O4. The van der Waals surface area contributed by atoms with Gasteiger partial charge in [-0.15, -0.1) is 6.58 Å². The molecule has 7 nitrogen and oxygen atoms in total. The van der Waals surface area contributed by atoms with Crippen LogP contribution in [-0.2, 0) is 16.0 Å². The first kappa shape index (κ1) is 17.5. The van der Waals surface area contributed by atoms with E-state index in [-0.39, 0.29) is 18.9 Å². The normalized spacial score (nSPS) is 16.5. The fourth-order valence-corrected chi connectivity index (χ4v) is 2.68. The van der Waals surface area contributed by atoms with Gasteiger partial charge >= 0.3 is 12.0 Å². The van der Waals surface area contributed by atoms with Crippen LogP contribution < -0.4 is 5.43 Å². The van der Waals surface area contributed by atoms with Gasteiger partial charge in [-0.2, -0.15) is 0 Å². The standard InChI is InChI=1S/C17H21N3O4/c1-2-10-20(17(24)19-11-6-9-14(19)16(22)23)18-15(21)12-13-7-4-3-5-8-13/h2-5,7-8,14H,1,6,9-12H2,(H,18,21)(H,22,23)/t14-/m0/s1. The molecule has 1 fully saturated rings. The molecule has 0 aliphatic carbocycles. The van der Waals surface area contributed by atoms with E-state index < -0.39 is 18.0 Å². The Labute approximate surface area is 140 Å². The molecule has 7 heteroatoms. The van der Waals surface area contributed by atoms with Gasteiger partial charge in [-0.05, 0) is 18.4 Å². The molecule has 0 bridgehead atoms. The summed E-state index contributed by atoms with van der Waals surface area (Å²) < 4.78 is 0. The second kappa shape index (κ2) is 8.14. The summed E-state index contributed by atoms with van der Waals surface area (Å²) in [5, 5.41) is 10.3. The number of amides is 3. The summed E-state index contributed by atoms with van der Waals surface area (Å²) in [5.74, 6) is -1.38. The lowest BCUT2D eigenvalue weighted by molar-refractivity contribution is -0.141. The predicted molar refractivity (Wildman–Crippen MR) is 88.0 cm³/mol. The van der Waals surface area contributed by atoms with Gasteiger partial charge in [0.25, 0.3) is 0 Å². The molecule has 128 valence electrons. The summed E-state index contributed by atoms with van der Waals surface area (Å²) in [7, 11) is 0. The van der Waals surface area contributed by atoms with E-state index in [0.717, 1.165) is 10.6 Å². The van der Waals surface area contributed by atoms with Crippen molar-refractivity contribution < 1.29 is 19.5 Å². The molecule has 1 aliphatic heterocycles. The Morgan fingerprint density at radius 3 is 2.67 bits per heavy atom. The van der Waals surface area contributed by atoms with E-state index in [2.05, 4.69) is 12.0 Å². The molecule has 1 aromatic carbocycles. The Bertz CT molecular complexity index is 618. The third-order valence-electron chi connectivity index (χ3n) is 3.79. The SMILES string of the molecule is C=CCN(NC(=O)Cc1ccccc1)C(=O)N1CCC[C@H]1C(=O)O. The van der Waals surface area contributed by atoms with E-state index in [1.54, 1.807) is 0 Å². The minimum atomic E-state index is -1.03. The molecule has 1 heterocycles. The lowest BCUT2D eigenvalue weighted by Gasteiger charge is -2.29. The van der Waals surface area contributed by atoms with Crippen LogP contribution in [0.5, 0.6) is 0 Å². The monoisotopic (exact) mass is 331 g/mol. The number of benzene rings is 1. The number of nitrogens with zero attached hydrogens (tertiary/aromatic N) is 2. The zero-order valence-electron chi connectivity index (χ0n) is 13.4. The Morgan fingerprint density at radius 1 is 1.33 bits per heavy atom. The topological polar surface area (TPSA) is 90.0 Å². The van der Waals surface area contributed by atoms with Crippen LogP contribution in [0.3, 0.4) is 0 Å². The molecule has 2 N–H and O–H groups in total. The smallest absolute Gasteiger partial charge is 0.339 e. The third-order valence-corrected chi connectivity index (χ3v) is 3.79. The quantitative estimate of drug-likeness (QED) is 0.631. The van der Waals surface area contributed by atoms with Gasteiger partial charge in [-0.25, -0.2) is 14.6 Å². The molecule has 24 heavy (non-hydrogen) atoms. The molecule has 0 unspecified atom stereocenters. The van der Waals surface area contributed by atoms with Crippen LogP contribution in [0.4, 0.5) is 4.79 Å². The number of hydrazine groups is 1. The molecule has 2 rings (SSSR count). The number of carboxylic acids is 1. The molecule has 0 aromatic heterocycles. The fraction of sp³-hybridized carbons (Fsp3) is 0.353. The highest BCUT2D eigenvalue weighted by Crippen LogP contribution is 2.18. The van der Waals surface area contributed by atoms with E-state index in [1.807, 2.05) is 30.3 Å². The average molecular weight is 331 g/mol. The van der Waals surface area contributed by atoms with Crippen molar-refractivity contribution in [2.45, 2.75) is 25.3 Å². The Kier molecular flexibility index (Phi) is 5.95. The highest BCUT2D eigenvalue weighted by atomic mass is 16.4. The lowest BCUT2D eigenvalue weighted by Crippen LogP contribution is -2.54. The number of carboxylic acid groups (broad SMARTS) is 1. The summed E-state index contributed by atoms with van der Waals surface area (Å²) >= 11 is 0. The molecule has 0 saturated carbocycles. The van der Waals surface area contributed by atoms with Gasteiger partial charge in [0.2, 0.25) is 5.91 Å². The van der Waals surface area contributed by atoms with Crippen molar-refractivity contribution >= 4 is 17.9 Å². The molecule has 0 radical (unpaired) electrons. The van der Waals surface area contributed by atoms with E-state index in [4.69, 9.17) is 0 Å². The lowest BCUT2D eigenvalue weighted by atomic mass is 10.1. The van der Waals surface area contributed by atoms with Gasteiger partial charge in [-0.3, -0.25) is 10.2 Å². The number of hydrogen-bond acceptors (Lipinski definition) is 3. The highest BCUT2D eigenvalue weighted by Gasteiger charge is 2.36. The number of carbonyl (C=O) groups excluding carboxylic acids is 2. The van der Waals surface area contributed by atoms with Crippen molar-refractivity contribution in [2.24, 2.45) is 0 Å². The zero-order valence-corrected chi connectivity index (χ0v) is 13.4. The number of likely N-dealkylation sites (tertiary alicyclic amines) is 1. The van der Waals surface area contributed by atoms with E-state index >= 15 is 0 Å². The van der Waals surface area contributed by atoms with Crippen molar-refractivity contribution in [3.8, 4) is 0 Å². The first-order valence-electron chi connectivity index (χ1n) is 7.78. The number of rotatable bonds is 5. The van der Waals surface area contributed by atoms with E-state index in [1.165, 1.54) is 11.0 Å². The number of aliphatic carboxylic acids is 1. The molecule has 1 aromatic rings. The van der Waals surface area contributed by atoms with Crippen molar-refractivity contribution in [3.63, 3.8) is 0 Å². The van der Waals surface area contributed by atoms with Gasteiger partial charge in [0, 0.05) is 6.54 Å². The highest BCUT2D eigenvalue weighted by molar-refractivity contribution is 5.86. The number of hydrogen-bond donors (Lipinski definition) is 2. The van der Waals surface area contributed by atoms with Crippen molar-refractivity contribution in [1.82, 2.24) is 15.3 Å². The van der Waals surface area contributed by atoms with Crippen molar-refractivity contribution in [3.05, 3.63) is 48.6 Å². The summed E-state index contributed by atoms with van der Waals surface area (Å²) in [6.07, 6.45) is 2.65. The van der Waals surface area contributed by atoms with Crippen LogP contribution in [-0.4, -0.2) is 52.1 Å². The second-order valence-corrected chi connectivity index (χ2v) is 5.57. The molecule has 1 aliphatic rings.